The monoisotopic (exact) mass is 422 g/mol. The predicted octanol–water partition coefficient (Wildman–Crippen LogP) is 2.49. The molecular weight excluding hydrogens is 404 g/mol. The maximum Gasteiger partial charge on any atom is 0.330 e. The van der Waals surface area contributed by atoms with E-state index < -0.39 is 26.6 Å². The number of nitro groups is 1. The molecule has 29 heavy (non-hydrogen) atoms. The molecule has 0 unspecified atom stereocenters. The third-order valence-electron chi connectivity index (χ3n) is 3.73. The van der Waals surface area contributed by atoms with E-state index >= 15 is 0 Å². The summed E-state index contributed by atoms with van der Waals surface area (Å²) in [5, 5.41) is 11.4. The molecule has 0 aliphatic carbocycles. The third-order valence-corrected chi connectivity index (χ3v) is 5.14. The van der Waals surface area contributed by atoms with Gasteiger partial charge in [0, 0.05) is 12.1 Å². The highest BCUT2D eigenvalue weighted by molar-refractivity contribution is 7.89. The minimum atomic E-state index is -3.86. The van der Waals surface area contributed by atoms with Crippen LogP contribution in [-0.2, 0) is 19.6 Å². The largest absolute Gasteiger partial charge is 0.493 e. The average molecular weight is 422 g/mol. The van der Waals surface area contributed by atoms with E-state index in [4.69, 9.17) is 9.47 Å². The van der Waals surface area contributed by atoms with Crippen molar-refractivity contribution in [1.29, 1.82) is 0 Å². The number of benzene rings is 2. The van der Waals surface area contributed by atoms with E-state index in [2.05, 4.69) is 9.46 Å². The molecule has 154 valence electrons. The number of hydrogen-bond acceptors (Lipinski definition) is 8. The molecule has 0 amide bonds. The maximum atomic E-state index is 11.9. The van der Waals surface area contributed by atoms with Gasteiger partial charge in [-0.15, -0.1) is 0 Å². The number of hydrogen-bond donors (Lipinski definition) is 1. The summed E-state index contributed by atoms with van der Waals surface area (Å²) in [7, 11) is -0.0208. The Labute approximate surface area is 166 Å². The summed E-state index contributed by atoms with van der Waals surface area (Å²) in [4.78, 5) is 21.6. The molecule has 11 heteroatoms. The first-order valence-corrected chi connectivity index (χ1v) is 9.54. The van der Waals surface area contributed by atoms with Gasteiger partial charge in [-0.25, -0.2) is 17.9 Å². The van der Waals surface area contributed by atoms with Gasteiger partial charge in [-0.3, -0.25) is 10.1 Å². The molecule has 0 saturated carbocycles. The molecule has 1 N–H and O–H groups in total. The van der Waals surface area contributed by atoms with Crippen molar-refractivity contribution in [2.45, 2.75) is 4.90 Å². The van der Waals surface area contributed by atoms with E-state index in [1.165, 1.54) is 51.6 Å². The molecule has 0 bridgehead atoms. The molecule has 0 spiro atoms. The van der Waals surface area contributed by atoms with Crippen LogP contribution in [0.2, 0.25) is 0 Å². The van der Waals surface area contributed by atoms with Crippen molar-refractivity contribution < 1.29 is 32.3 Å². The van der Waals surface area contributed by atoms with Crippen LogP contribution in [0.25, 0.3) is 6.08 Å². The van der Waals surface area contributed by atoms with E-state index in [-0.39, 0.29) is 22.1 Å². The minimum absolute atomic E-state index is 0.162. The van der Waals surface area contributed by atoms with Gasteiger partial charge in [0.1, 0.15) is 0 Å². The van der Waals surface area contributed by atoms with Gasteiger partial charge < -0.3 is 14.2 Å². The van der Waals surface area contributed by atoms with Crippen molar-refractivity contribution in [3.63, 3.8) is 0 Å². The second kappa shape index (κ2) is 9.17. The molecule has 0 aliphatic heterocycles. The van der Waals surface area contributed by atoms with E-state index in [9.17, 15) is 23.3 Å². The number of nitrogens with zero attached hydrogens (tertiary/aromatic N) is 1. The van der Waals surface area contributed by atoms with Crippen LogP contribution in [0, 0.1) is 10.1 Å². The van der Waals surface area contributed by atoms with Gasteiger partial charge in [-0.1, -0.05) is 6.07 Å². The smallest absolute Gasteiger partial charge is 0.330 e. The SMILES string of the molecule is CNS(=O)(=O)c1ccc(Oc2ccc(/C=C/C(=O)OC)cc2OC)c([N+](=O)[O-])c1. The molecule has 2 aromatic rings. The third kappa shape index (κ3) is 5.30. The zero-order chi connectivity index (χ0) is 21.6. The van der Waals surface area contributed by atoms with Gasteiger partial charge in [-0.05, 0) is 43.0 Å². The summed E-state index contributed by atoms with van der Waals surface area (Å²) < 4.78 is 41.2. The zero-order valence-electron chi connectivity index (χ0n) is 15.7. The van der Waals surface area contributed by atoms with Crippen LogP contribution in [0.1, 0.15) is 5.56 Å². The number of carbonyl (C=O) groups excluding carboxylic acids is 1. The topological polar surface area (TPSA) is 134 Å². The molecule has 0 fully saturated rings. The lowest BCUT2D eigenvalue weighted by Crippen LogP contribution is -2.18. The Bertz CT molecular complexity index is 1060. The van der Waals surface area contributed by atoms with E-state index in [0.29, 0.717) is 5.56 Å². The number of nitro benzene ring substituents is 1. The van der Waals surface area contributed by atoms with Crippen LogP contribution < -0.4 is 14.2 Å². The molecule has 0 aliphatic rings. The number of esters is 1. The van der Waals surface area contributed by atoms with Gasteiger partial charge in [0.2, 0.25) is 15.8 Å². The molecule has 2 rings (SSSR count). The summed E-state index contributed by atoms with van der Waals surface area (Å²) in [5.41, 5.74) is 0.0719. The summed E-state index contributed by atoms with van der Waals surface area (Å²) in [6.45, 7) is 0. The molecule has 0 atom stereocenters. The Balaban J connectivity index is 2.41. The lowest BCUT2D eigenvalue weighted by molar-refractivity contribution is -0.385. The fourth-order valence-electron chi connectivity index (χ4n) is 2.23. The first kappa shape index (κ1) is 21.9. The maximum absolute atomic E-state index is 11.9. The van der Waals surface area contributed by atoms with E-state index in [0.717, 1.165) is 6.07 Å². The number of carbonyl (C=O) groups is 1. The summed E-state index contributed by atoms with van der Waals surface area (Å²) in [5.74, 6) is -0.286. The van der Waals surface area contributed by atoms with Crippen LogP contribution in [0.4, 0.5) is 5.69 Å². The zero-order valence-corrected chi connectivity index (χ0v) is 16.6. The molecule has 0 saturated heterocycles. The van der Waals surface area contributed by atoms with E-state index in [1.807, 2.05) is 0 Å². The quantitative estimate of drug-likeness (QED) is 0.297. The molecule has 0 heterocycles. The molecule has 10 nitrogen and oxygen atoms in total. The normalized spacial score (nSPS) is 11.3. The molecule has 0 aromatic heterocycles. The Hall–Kier alpha value is -3.44. The number of sulfonamides is 1. The van der Waals surface area contributed by atoms with Crippen molar-refractivity contribution >= 4 is 27.8 Å². The van der Waals surface area contributed by atoms with Crippen molar-refractivity contribution in [2.75, 3.05) is 21.3 Å². The predicted molar refractivity (Wildman–Crippen MR) is 103 cm³/mol. The fraction of sp³-hybridized carbons (Fsp3) is 0.167. The van der Waals surface area contributed by atoms with Crippen molar-refractivity contribution in [3.8, 4) is 17.2 Å². The van der Waals surface area contributed by atoms with Crippen LogP contribution in [0.5, 0.6) is 17.2 Å². The van der Waals surface area contributed by atoms with Crippen molar-refractivity contribution in [2.24, 2.45) is 0 Å². The summed E-state index contributed by atoms with van der Waals surface area (Å²) >= 11 is 0. The standard InChI is InChI=1S/C18H18N2O8S/c1-19-29(24,25)13-6-8-15(14(11-13)20(22)23)28-16-7-4-12(10-17(16)26-2)5-9-18(21)27-3/h4-11,19H,1-3H3/b9-5+. The van der Waals surface area contributed by atoms with Crippen LogP contribution in [0.3, 0.4) is 0 Å². The highest BCUT2D eigenvalue weighted by Gasteiger charge is 2.22. The van der Waals surface area contributed by atoms with Crippen LogP contribution in [0.15, 0.2) is 47.4 Å². The highest BCUT2D eigenvalue weighted by Crippen LogP contribution is 2.37. The Morgan fingerprint density at radius 1 is 1.10 bits per heavy atom. The number of rotatable bonds is 8. The Kier molecular flexibility index (Phi) is 6.91. The van der Waals surface area contributed by atoms with Gasteiger partial charge in [0.05, 0.1) is 24.0 Å². The van der Waals surface area contributed by atoms with E-state index in [1.54, 1.807) is 12.1 Å². The Morgan fingerprint density at radius 2 is 1.79 bits per heavy atom. The van der Waals surface area contributed by atoms with Gasteiger partial charge in [-0.2, -0.15) is 0 Å². The summed E-state index contributed by atoms with van der Waals surface area (Å²) in [6, 6.07) is 7.93. The second-order valence-corrected chi connectivity index (χ2v) is 7.35. The number of methoxy groups -OCH3 is 2. The molecular formula is C18H18N2O8S. The van der Waals surface area contributed by atoms with Crippen molar-refractivity contribution in [1.82, 2.24) is 4.72 Å². The second-order valence-electron chi connectivity index (χ2n) is 5.46. The minimum Gasteiger partial charge on any atom is -0.493 e. The fourth-order valence-corrected chi connectivity index (χ4v) is 2.98. The average Bonchev–Trinajstić information content (AvgIpc) is 2.72. The number of ether oxygens (including phenoxy) is 3. The molecule has 2 aromatic carbocycles. The lowest BCUT2D eigenvalue weighted by atomic mass is 10.2. The van der Waals surface area contributed by atoms with Crippen LogP contribution in [-0.4, -0.2) is 40.6 Å². The molecule has 0 radical (unpaired) electrons. The summed E-state index contributed by atoms with van der Waals surface area (Å²) in [6.07, 6.45) is 2.72. The Morgan fingerprint density at radius 3 is 2.38 bits per heavy atom. The lowest BCUT2D eigenvalue weighted by Gasteiger charge is -2.12. The van der Waals surface area contributed by atoms with Crippen molar-refractivity contribution in [3.05, 3.63) is 58.2 Å². The van der Waals surface area contributed by atoms with Gasteiger partial charge in [0.25, 0.3) is 0 Å². The highest BCUT2D eigenvalue weighted by atomic mass is 32.2. The van der Waals surface area contributed by atoms with Gasteiger partial charge >= 0.3 is 11.7 Å². The first-order chi connectivity index (χ1) is 13.7. The van der Waals surface area contributed by atoms with Gasteiger partial charge in [0.15, 0.2) is 11.5 Å². The number of nitrogens with one attached hydrogen (secondary N) is 1. The first-order valence-electron chi connectivity index (χ1n) is 8.05. The van der Waals surface area contributed by atoms with Crippen LogP contribution >= 0.6 is 0 Å².